The van der Waals surface area contributed by atoms with Crippen LogP contribution in [0.15, 0.2) is 48.8 Å². The maximum atomic E-state index is 12.5. The second kappa shape index (κ2) is 9.16. The molecule has 0 unspecified atom stereocenters. The van der Waals surface area contributed by atoms with Gasteiger partial charge in [-0.1, -0.05) is 0 Å². The van der Waals surface area contributed by atoms with Crippen LogP contribution in [0.25, 0.3) is 10.9 Å². The van der Waals surface area contributed by atoms with Crippen molar-refractivity contribution in [3.05, 3.63) is 48.8 Å². The second-order valence-electron chi connectivity index (χ2n) is 6.56. The number of nitrogens with two attached hydrogens (primary N) is 1. The third kappa shape index (κ3) is 4.74. The van der Waals surface area contributed by atoms with Crippen molar-refractivity contribution >= 4 is 34.9 Å². The Labute approximate surface area is 178 Å². The lowest BCUT2D eigenvalue weighted by Crippen LogP contribution is -2.41. The summed E-state index contributed by atoms with van der Waals surface area (Å²) in [6.07, 6.45) is 0.962. The Morgan fingerprint density at radius 1 is 1.06 bits per heavy atom. The fourth-order valence-electron chi connectivity index (χ4n) is 3.07. The second-order valence-corrected chi connectivity index (χ2v) is 6.56. The Morgan fingerprint density at radius 2 is 1.77 bits per heavy atom. The van der Waals surface area contributed by atoms with Crippen molar-refractivity contribution in [2.75, 3.05) is 25.0 Å². The van der Waals surface area contributed by atoms with Crippen molar-refractivity contribution < 1.29 is 23.9 Å². The van der Waals surface area contributed by atoms with Crippen molar-refractivity contribution in [3.63, 3.8) is 0 Å². The molecule has 0 fully saturated rings. The van der Waals surface area contributed by atoms with Crippen LogP contribution in [0, 0.1) is 0 Å². The molecule has 0 atom stereocenters. The number of urea groups is 1. The van der Waals surface area contributed by atoms with E-state index in [4.69, 9.17) is 10.5 Å². The number of fused-ring (bicyclic) bond motifs is 1. The van der Waals surface area contributed by atoms with Crippen LogP contribution in [0.3, 0.4) is 0 Å². The zero-order valence-corrected chi connectivity index (χ0v) is 17.4. The highest BCUT2D eigenvalue weighted by Crippen LogP contribution is 2.28. The van der Waals surface area contributed by atoms with Gasteiger partial charge in [-0.25, -0.2) is 19.4 Å². The van der Waals surface area contributed by atoms with Gasteiger partial charge in [-0.05, 0) is 44.2 Å². The molecule has 3 aromatic rings. The molecule has 0 saturated heterocycles. The molecule has 0 spiro atoms. The van der Waals surface area contributed by atoms with Crippen LogP contribution < -0.4 is 15.4 Å². The molecule has 2 aromatic heterocycles. The molecule has 2 heterocycles. The summed E-state index contributed by atoms with van der Waals surface area (Å²) in [6.45, 7) is 5.03. The SMILES string of the molecule is CCN(CC)C(=O)N(C)c1cc(Oc2ccc3c(ccn3C(=O)OC(N)=O)c2)ccn1. The number of nitrogens with zero attached hydrogens (tertiary/aromatic N) is 4. The van der Waals surface area contributed by atoms with E-state index in [0.29, 0.717) is 41.3 Å². The van der Waals surface area contributed by atoms with E-state index in [1.165, 1.54) is 15.7 Å². The monoisotopic (exact) mass is 425 g/mol. The Morgan fingerprint density at radius 3 is 2.45 bits per heavy atom. The average molecular weight is 425 g/mol. The zero-order valence-electron chi connectivity index (χ0n) is 17.4. The van der Waals surface area contributed by atoms with E-state index < -0.39 is 12.2 Å². The molecule has 10 nitrogen and oxygen atoms in total. The number of anilines is 1. The van der Waals surface area contributed by atoms with Crippen molar-refractivity contribution in [2.24, 2.45) is 5.73 Å². The summed E-state index contributed by atoms with van der Waals surface area (Å²) < 4.78 is 11.5. The largest absolute Gasteiger partial charge is 0.457 e. The molecule has 0 bridgehead atoms. The molecule has 0 aliphatic carbocycles. The Kier molecular flexibility index (Phi) is 6.39. The van der Waals surface area contributed by atoms with Crippen molar-refractivity contribution in [1.82, 2.24) is 14.5 Å². The maximum Gasteiger partial charge on any atom is 0.427 e. The number of amides is 3. The summed E-state index contributed by atoms with van der Waals surface area (Å²) in [5.74, 6) is 1.47. The number of carbonyl (C=O) groups excluding carboxylic acids is 3. The van der Waals surface area contributed by atoms with Crippen LogP contribution in [-0.4, -0.2) is 52.8 Å². The van der Waals surface area contributed by atoms with E-state index >= 15 is 0 Å². The summed E-state index contributed by atoms with van der Waals surface area (Å²) in [6, 6.07) is 9.93. The lowest BCUT2D eigenvalue weighted by molar-refractivity contribution is 0.159. The van der Waals surface area contributed by atoms with E-state index in [2.05, 4.69) is 9.72 Å². The first-order valence-corrected chi connectivity index (χ1v) is 9.63. The van der Waals surface area contributed by atoms with E-state index in [1.54, 1.807) is 54.5 Å². The first-order valence-electron chi connectivity index (χ1n) is 9.63. The number of ether oxygens (including phenoxy) is 2. The molecular weight excluding hydrogens is 402 g/mol. The first kappa shape index (κ1) is 21.6. The van der Waals surface area contributed by atoms with E-state index in [1.807, 2.05) is 13.8 Å². The van der Waals surface area contributed by atoms with Crippen LogP contribution >= 0.6 is 0 Å². The smallest absolute Gasteiger partial charge is 0.427 e. The van der Waals surface area contributed by atoms with Crippen LogP contribution in [-0.2, 0) is 4.74 Å². The van der Waals surface area contributed by atoms with E-state index in [-0.39, 0.29) is 6.03 Å². The summed E-state index contributed by atoms with van der Waals surface area (Å²) >= 11 is 0. The molecule has 0 radical (unpaired) electrons. The number of rotatable bonds is 5. The number of hydrogen-bond acceptors (Lipinski definition) is 6. The maximum absolute atomic E-state index is 12.5. The fourth-order valence-corrected chi connectivity index (χ4v) is 3.07. The van der Waals surface area contributed by atoms with Gasteiger partial charge < -0.3 is 20.1 Å². The molecule has 2 N–H and O–H groups in total. The van der Waals surface area contributed by atoms with Crippen molar-refractivity contribution in [1.29, 1.82) is 0 Å². The van der Waals surface area contributed by atoms with Gasteiger partial charge in [0.25, 0.3) is 0 Å². The number of primary amides is 1. The first-order chi connectivity index (χ1) is 14.8. The summed E-state index contributed by atoms with van der Waals surface area (Å²) in [5.41, 5.74) is 5.42. The minimum absolute atomic E-state index is 0.153. The molecule has 0 aliphatic rings. The minimum atomic E-state index is -1.18. The number of aromatic nitrogens is 2. The molecule has 31 heavy (non-hydrogen) atoms. The Balaban J connectivity index is 1.80. The van der Waals surface area contributed by atoms with Gasteiger partial charge in [0.1, 0.15) is 17.3 Å². The highest BCUT2D eigenvalue weighted by atomic mass is 16.6. The average Bonchev–Trinajstić information content (AvgIpc) is 3.17. The van der Waals surface area contributed by atoms with Gasteiger partial charge in [-0.3, -0.25) is 9.47 Å². The predicted octanol–water partition coefficient (Wildman–Crippen LogP) is 3.79. The van der Waals surface area contributed by atoms with Gasteiger partial charge in [0.15, 0.2) is 0 Å². The van der Waals surface area contributed by atoms with Gasteiger partial charge in [-0.15, -0.1) is 0 Å². The molecule has 10 heteroatoms. The third-order valence-corrected chi connectivity index (χ3v) is 4.66. The van der Waals surface area contributed by atoms with Crippen molar-refractivity contribution in [2.45, 2.75) is 13.8 Å². The molecule has 0 aliphatic heterocycles. The van der Waals surface area contributed by atoms with Gasteiger partial charge in [0.05, 0.1) is 5.52 Å². The standard InChI is InChI=1S/C21H23N5O5/c1-4-25(5-2)20(28)24(3)18-13-16(8-10-23-18)30-15-6-7-17-14(12-15)9-11-26(17)21(29)31-19(22)27/h6-13H,4-5H2,1-3H3,(H2,22,27). The minimum Gasteiger partial charge on any atom is -0.457 e. The molecule has 3 rings (SSSR count). The number of carbonyl (C=O) groups is 3. The quantitative estimate of drug-likeness (QED) is 0.621. The van der Waals surface area contributed by atoms with Gasteiger partial charge >= 0.3 is 18.2 Å². The number of pyridine rings is 1. The van der Waals surface area contributed by atoms with E-state index in [0.717, 1.165) is 0 Å². The topological polar surface area (TPSA) is 120 Å². The summed E-state index contributed by atoms with van der Waals surface area (Å²) in [7, 11) is 1.66. The molecule has 1 aromatic carbocycles. The van der Waals surface area contributed by atoms with Crippen molar-refractivity contribution in [3.8, 4) is 11.5 Å². The number of benzene rings is 1. The van der Waals surface area contributed by atoms with Crippen LogP contribution in [0.2, 0.25) is 0 Å². The lowest BCUT2D eigenvalue weighted by atomic mass is 10.2. The summed E-state index contributed by atoms with van der Waals surface area (Å²) in [5, 5.41) is 0.696. The molecule has 3 amide bonds. The van der Waals surface area contributed by atoms with Crippen LogP contribution in [0.1, 0.15) is 13.8 Å². The zero-order chi connectivity index (χ0) is 22.5. The lowest BCUT2D eigenvalue weighted by Gasteiger charge is -2.25. The Bertz CT molecular complexity index is 1120. The third-order valence-electron chi connectivity index (χ3n) is 4.66. The number of hydrogen-bond donors (Lipinski definition) is 1. The van der Waals surface area contributed by atoms with E-state index in [9.17, 15) is 14.4 Å². The molecule has 0 saturated carbocycles. The van der Waals surface area contributed by atoms with Gasteiger partial charge in [0, 0.05) is 44.0 Å². The molecule has 162 valence electrons. The van der Waals surface area contributed by atoms with Gasteiger partial charge in [-0.2, -0.15) is 0 Å². The highest BCUT2D eigenvalue weighted by molar-refractivity contribution is 5.93. The van der Waals surface area contributed by atoms with Crippen LogP contribution in [0.5, 0.6) is 11.5 Å². The van der Waals surface area contributed by atoms with Crippen LogP contribution in [0.4, 0.5) is 20.2 Å². The summed E-state index contributed by atoms with van der Waals surface area (Å²) in [4.78, 5) is 42.7. The predicted molar refractivity (Wildman–Crippen MR) is 114 cm³/mol. The Hall–Kier alpha value is -4.08. The molecular formula is C21H23N5O5. The highest BCUT2D eigenvalue weighted by Gasteiger charge is 2.18. The fraction of sp³-hybridized carbons (Fsp3) is 0.238. The normalized spacial score (nSPS) is 10.5. The van der Waals surface area contributed by atoms with Gasteiger partial charge in [0.2, 0.25) is 0 Å².